The van der Waals surface area contributed by atoms with Gasteiger partial charge in [0.1, 0.15) is 30.5 Å². The second-order valence-electron chi connectivity index (χ2n) is 5.10. The minimum atomic E-state index is -0.576. The second-order valence-corrected chi connectivity index (χ2v) is 5.10. The van der Waals surface area contributed by atoms with Crippen LogP contribution in [0.3, 0.4) is 0 Å². The molecule has 0 saturated carbocycles. The zero-order valence-electron chi connectivity index (χ0n) is 11.2. The maximum Gasteiger partial charge on any atom is 0.149 e. The molecule has 0 aliphatic carbocycles. The molecule has 1 aromatic heterocycles. The zero-order valence-corrected chi connectivity index (χ0v) is 11.2. The number of benzene rings is 1. The monoisotopic (exact) mass is 275 g/mol. The molecule has 3 rings (SSSR count). The first-order valence-electron chi connectivity index (χ1n) is 6.64. The van der Waals surface area contributed by atoms with Gasteiger partial charge in [-0.2, -0.15) is 0 Å². The molecule has 1 unspecified atom stereocenters. The summed E-state index contributed by atoms with van der Waals surface area (Å²) in [6, 6.07) is 7.89. The van der Waals surface area contributed by atoms with Crippen LogP contribution in [0.5, 0.6) is 5.75 Å². The van der Waals surface area contributed by atoms with Crippen molar-refractivity contribution in [2.24, 2.45) is 0 Å². The molecule has 2 aromatic rings. The summed E-state index contributed by atoms with van der Waals surface area (Å²) in [6.07, 6.45) is 2.33. The average molecular weight is 275 g/mol. The highest BCUT2D eigenvalue weighted by molar-refractivity contribution is 5.70. The van der Waals surface area contributed by atoms with Crippen LogP contribution in [0.4, 0.5) is 8.78 Å². The van der Waals surface area contributed by atoms with Gasteiger partial charge in [0, 0.05) is 17.3 Å². The van der Waals surface area contributed by atoms with Gasteiger partial charge >= 0.3 is 0 Å². The Hall–Kier alpha value is -1.97. The topological polar surface area (TPSA) is 22.1 Å². The van der Waals surface area contributed by atoms with Gasteiger partial charge in [-0.25, -0.2) is 8.78 Å². The lowest BCUT2D eigenvalue weighted by Gasteiger charge is -2.21. The van der Waals surface area contributed by atoms with Gasteiger partial charge in [-0.1, -0.05) is 6.92 Å². The first-order valence-corrected chi connectivity index (χ1v) is 6.64. The van der Waals surface area contributed by atoms with Crippen LogP contribution < -0.4 is 4.74 Å². The van der Waals surface area contributed by atoms with Gasteiger partial charge in [0.05, 0.1) is 5.41 Å². The molecule has 0 saturated heterocycles. The van der Waals surface area contributed by atoms with Crippen LogP contribution in [-0.2, 0) is 5.41 Å². The van der Waals surface area contributed by atoms with Gasteiger partial charge in [0.25, 0.3) is 0 Å². The van der Waals surface area contributed by atoms with Gasteiger partial charge in [0.15, 0.2) is 0 Å². The molecule has 0 radical (unpaired) electrons. The fourth-order valence-corrected chi connectivity index (χ4v) is 2.61. The van der Waals surface area contributed by atoms with Crippen LogP contribution in [-0.4, -0.2) is 18.3 Å². The number of rotatable bonds is 3. The Kier molecular flexibility index (Phi) is 3.16. The van der Waals surface area contributed by atoms with E-state index >= 15 is 0 Å². The van der Waals surface area contributed by atoms with E-state index in [4.69, 9.17) is 4.74 Å². The molecule has 0 N–H and O–H groups in total. The summed E-state index contributed by atoms with van der Waals surface area (Å²) in [5.41, 5.74) is 1.70. The third-order valence-electron chi connectivity index (χ3n) is 4.02. The van der Waals surface area contributed by atoms with Crippen molar-refractivity contribution in [1.82, 2.24) is 4.98 Å². The predicted octanol–water partition coefficient (Wildman–Crippen LogP) is 3.90. The quantitative estimate of drug-likeness (QED) is 0.847. The van der Waals surface area contributed by atoms with Crippen LogP contribution in [0, 0.1) is 5.82 Å². The van der Waals surface area contributed by atoms with Gasteiger partial charge in [-0.05, 0) is 36.8 Å². The van der Waals surface area contributed by atoms with E-state index in [1.54, 1.807) is 18.3 Å². The van der Waals surface area contributed by atoms with Gasteiger partial charge in [-0.15, -0.1) is 0 Å². The fourth-order valence-electron chi connectivity index (χ4n) is 2.61. The smallest absolute Gasteiger partial charge is 0.149 e. The van der Waals surface area contributed by atoms with Crippen LogP contribution in [0.25, 0.3) is 11.3 Å². The number of pyridine rings is 1. The molecule has 1 atom stereocenters. The van der Waals surface area contributed by atoms with Crippen LogP contribution in [0.2, 0.25) is 0 Å². The van der Waals surface area contributed by atoms with Gasteiger partial charge in [-0.3, -0.25) is 4.98 Å². The minimum Gasteiger partial charge on any atom is -0.490 e. The van der Waals surface area contributed by atoms with E-state index in [2.05, 4.69) is 4.98 Å². The first-order chi connectivity index (χ1) is 9.70. The highest BCUT2D eigenvalue weighted by Crippen LogP contribution is 2.45. The van der Waals surface area contributed by atoms with Crippen molar-refractivity contribution in [3.05, 3.63) is 47.9 Å². The Morgan fingerprint density at radius 3 is 2.65 bits per heavy atom. The molecule has 104 valence electrons. The number of nitrogens with zero attached hydrogens (tertiary/aromatic N) is 1. The van der Waals surface area contributed by atoms with Crippen molar-refractivity contribution < 1.29 is 13.5 Å². The molecule has 1 aromatic carbocycles. The first kappa shape index (κ1) is 13.0. The van der Waals surface area contributed by atoms with E-state index in [-0.39, 0.29) is 5.82 Å². The fraction of sp³-hybridized carbons (Fsp3) is 0.312. The molecule has 1 aliphatic heterocycles. The number of fused-ring (bicyclic) bond motifs is 1. The minimum absolute atomic E-state index is 0.297. The number of hydrogen-bond donors (Lipinski definition) is 0. The number of hydrogen-bond acceptors (Lipinski definition) is 2. The standard InChI is InChI=1S/C16H15F2NO/c1-2-16(9-17)10-20-15-13(16)7-8-19-14(15)11-3-5-12(18)6-4-11/h3-8H,2,9-10H2,1H3. The molecule has 0 fully saturated rings. The number of alkyl halides is 1. The lowest BCUT2D eigenvalue weighted by molar-refractivity contribution is 0.217. The molecule has 2 nitrogen and oxygen atoms in total. The van der Waals surface area contributed by atoms with Crippen LogP contribution >= 0.6 is 0 Å². The van der Waals surface area contributed by atoms with E-state index in [1.807, 2.05) is 13.0 Å². The summed E-state index contributed by atoms with van der Waals surface area (Å²) >= 11 is 0. The molecule has 1 aliphatic rings. The normalized spacial score (nSPS) is 20.6. The maximum absolute atomic E-state index is 13.5. The van der Waals surface area contributed by atoms with Crippen LogP contribution in [0.15, 0.2) is 36.5 Å². The lowest BCUT2D eigenvalue weighted by atomic mass is 9.81. The van der Waals surface area contributed by atoms with Crippen molar-refractivity contribution in [1.29, 1.82) is 0 Å². The average Bonchev–Trinajstić information content (AvgIpc) is 2.87. The zero-order chi connectivity index (χ0) is 14.2. The summed E-state index contributed by atoms with van der Waals surface area (Å²) in [5, 5.41) is 0. The number of aromatic nitrogens is 1. The number of halogens is 2. The second kappa shape index (κ2) is 4.85. The highest BCUT2D eigenvalue weighted by atomic mass is 19.1. The maximum atomic E-state index is 13.5. The highest BCUT2D eigenvalue weighted by Gasteiger charge is 2.41. The molecular weight excluding hydrogens is 260 g/mol. The summed E-state index contributed by atoms with van der Waals surface area (Å²) in [4.78, 5) is 4.31. The summed E-state index contributed by atoms with van der Waals surface area (Å²) in [5.74, 6) is 0.326. The Bertz CT molecular complexity index is 621. The van der Waals surface area contributed by atoms with Crippen LogP contribution in [0.1, 0.15) is 18.9 Å². The summed E-state index contributed by atoms with van der Waals surface area (Å²) in [6.45, 7) is 1.83. The number of ether oxygens (including phenoxy) is 1. The Labute approximate surface area is 116 Å². The molecule has 2 heterocycles. The van der Waals surface area contributed by atoms with Crippen molar-refractivity contribution in [2.45, 2.75) is 18.8 Å². The van der Waals surface area contributed by atoms with E-state index in [0.717, 1.165) is 11.1 Å². The molecule has 4 heteroatoms. The molecule has 0 spiro atoms. The molecular formula is C16H15F2NO. The molecule has 20 heavy (non-hydrogen) atoms. The Balaban J connectivity index is 2.12. The molecule has 0 amide bonds. The third-order valence-corrected chi connectivity index (χ3v) is 4.02. The third kappa shape index (κ3) is 1.87. The van der Waals surface area contributed by atoms with E-state index < -0.39 is 12.1 Å². The van der Waals surface area contributed by atoms with Gasteiger partial charge < -0.3 is 4.74 Å². The SMILES string of the molecule is CCC1(CF)COc2c1ccnc2-c1ccc(F)cc1. The Morgan fingerprint density at radius 2 is 2.00 bits per heavy atom. The van der Waals surface area contributed by atoms with Crippen molar-refractivity contribution in [2.75, 3.05) is 13.3 Å². The summed E-state index contributed by atoms with van der Waals surface area (Å²) in [7, 11) is 0. The lowest BCUT2D eigenvalue weighted by Crippen LogP contribution is -2.29. The predicted molar refractivity (Wildman–Crippen MR) is 73.1 cm³/mol. The summed E-state index contributed by atoms with van der Waals surface area (Å²) < 4.78 is 32.2. The van der Waals surface area contributed by atoms with Gasteiger partial charge in [0.2, 0.25) is 0 Å². The van der Waals surface area contributed by atoms with Crippen molar-refractivity contribution >= 4 is 0 Å². The largest absolute Gasteiger partial charge is 0.490 e. The molecule has 0 bridgehead atoms. The van der Waals surface area contributed by atoms with E-state index in [9.17, 15) is 8.78 Å². The van der Waals surface area contributed by atoms with E-state index in [0.29, 0.717) is 24.5 Å². The van der Waals surface area contributed by atoms with Crippen molar-refractivity contribution in [3.8, 4) is 17.0 Å². The van der Waals surface area contributed by atoms with Crippen molar-refractivity contribution in [3.63, 3.8) is 0 Å². The Morgan fingerprint density at radius 1 is 1.25 bits per heavy atom. The van der Waals surface area contributed by atoms with E-state index in [1.165, 1.54) is 12.1 Å².